The Balaban J connectivity index is 1.55. The molecule has 0 unspecified atom stereocenters. The van der Waals surface area contributed by atoms with E-state index in [0.29, 0.717) is 16.9 Å². The molecule has 0 spiro atoms. The zero-order valence-electron chi connectivity index (χ0n) is 16.8. The fourth-order valence-corrected chi connectivity index (χ4v) is 2.94. The number of hydrogen-bond acceptors (Lipinski definition) is 5. The lowest BCUT2D eigenvalue weighted by Crippen LogP contribution is -2.06. The number of carbonyl (C=O) groups is 2. The quantitative estimate of drug-likeness (QED) is 0.339. The van der Waals surface area contributed by atoms with Gasteiger partial charge < -0.3 is 9.47 Å². The van der Waals surface area contributed by atoms with E-state index in [9.17, 15) is 9.59 Å². The van der Waals surface area contributed by atoms with E-state index >= 15 is 0 Å². The lowest BCUT2D eigenvalue weighted by Gasteiger charge is -2.05. The maximum absolute atomic E-state index is 12.3. The van der Waals surface area contributed by atoms with E-state index in [1.165, 1.54) is 6.08 Å². The van der Waals surface area contributed by atoms with Crippen molar-refractivity contribution in [1.29, 1.82) is 0 Å². The van der Waals surface area contributed by atoms with E-state index in [1.807, 2.05) is 61.5 Å². The van der Waals surface area contributed by atoms with Gasteiger partial charge in [-0.2, -0.15) is 0 Å². The van der Waals surface area contributed by atoms with Gasteiger partial charge in [0.1, 0.15) is 5.75 Å². The van der Waals surface area contributed by atoms with Gasteiger partial charge in [-0.1, -0.05) is 66.2 Å². The zero-order valence-corrected chi connectivity index (χ0v) is 16.8. The van der Waals surface area contributed by atoms with Crippen molar-refractivity contribution in [3.8, 4) is 5.75 Å². The third-order valence-corrected chi connectivity index (χ3v) is 4.55. The van der Waals surface area contributed by atoms with Gasteiger partial charge in [0.2, 0.25) is 5.90 Å². The molecule has 0 saturated heterocycles. The predicted molar refractivity (Wildman–Crippen MR) is 119 cm³/mol. The molecule has 5 heteroatoms. The molecule has 0 aliphatic carbocycles. The van der Waals surface area contributed by atoms with Crippen LogP contribution >= 0.6 is 0 Å². The maximum Gasteiger partial charge on any atom is 0.363 e. The summed E-state index contributed by atoms with van der Waals surface area (Å²) in [6.07, 6.45) is 4.58. The van der Waals surface area contributed by atoms with Crippen LogP contribution in [0.3, 0.4) is 0 Å². The van der Waals surface area contributed by atoms with Crippen molar-refractivity contribution in [2.45, 2.75) is 6.92 Å². The van der Waals surface area contributed by atoms with Crippen LogP contribution in [0.15, 0.2) is 95.6 Å². The predicted octanol–water partition coefficient (Wildman–Crippen LogP) is 4.96. The second-order valence-corrected chi connectivity index (χ2v) is 6.91. The largest absolute Gasteiger partial charge is 0.423 e. The summed E-state index contributed by atoms with van der Waals surface area (Å²) in [5, 5.41) is 0. The number of rotatable bonds is 5. The number of para-hydroxylation sites is 1. The second-order valence-electron chi connectivity index (χ2n) is 6.91. The molecule has 0 atom stereocenters. The number of nitrogens with zero attached hydrogens (tertiary/aromatic N) is 1. The summed E-state index contributed by atoms with van der Waals surface area (Å²) in [5.74, 6) is -0.505. The number of ether oxygens (including phenoxy) is 2. The van der Waals surface area contributed by atoms with Crippen LogP contribution in [0.25, 0.3) is 12.2 Å². The van der Waals surface area contributed by atoms with Crippen LogP contribution in [0.1, 0.15) is 22.3 Å². The molecule has 1 aliphatic rings. The molecular formula is C26H19NO4. The molecule has 31 heavy (non-hydrogen) atoms. The Labute approximate surface area is 180 Å². The highest BCUT2D eigenvalue weighted by Gasteiger charge is 2.24. The topological polar surface area (TPSA) is 65.0 Å². The van der Waals surface area contributed by atoms with Crippen LogP contribution in [0, 0.1) is 6.92 Å². The zero-order chi connectivity index (χ0) is 21.6. The number of benzene rings is 3. The molecule has 4 rings (SSSR count). The van der Waals surface area contributed by atoms with Gasteiger partial charge in [0, 0.05) is 17.2 Å². The van der Waals surface area contributed by atoms with Crippen molar-refractivity contribution in [2.24, 2.45) is 4.99 Å². The van der Waals surface area contributed by atoms with Crippen molar-refractivity contribution in [3.63, 3.8) is 0 Å². The molecule has 3 aromatic rings. The molecule has 0 fully saturated rings. The first-order valence-corrected chi connectivity index (χ1v) is 9.72. The van der Waals surface area contributed by atoms with Crippen LogP contribution in [-0.4, -0.2) is 17.8 Å². The number of carbonyl (C=O) groups excluding carboxylic acids is 2. The Morgan fingerprint density at radius 3 is 2.42 bits per heavy atom. The summed E-state index contributed by atoms with van der Waals surface area (Å²) in [4.78, 5) is 28.9. The minimum Gasteiger partial charge on any atom is -0.423 e. The first-order valence-electron chi connectivity index (χ1n) is 9.72. The SMILES string of the molecule is Cc1ccc(C2=N/C(=C/c3ccccc3OC(=O)/C=C/c3ccccc3)C(=O)O2)cc1. The maximum atomic E-state index is 12.3. The number of esters is 2. The highest BCUT2D eigenvalue weighted by molar-refractivity contribution is 6.13. The van der Waals surface area contributed by atoms with Crippen LogP contribution < -0.4 is 4.74 Å². The molecule has 5 nitrogen and oxygen atoms in total. The summed E-state index contributed by atoms with van der Waals surface area (Å²) in [5.41, 5.74) is 3.39. The average molecular weight is 409 g/mol. The van der Waals surface area contributed by atoms with Crippen molar-refractivity contribution >= 4 is 30.0 Å². The molecule has 3 aromatic carbocycles. The molecule has 1 heterocycles. The number of cyclic esters (lactones) is 1. The standard InChI is InChI=1S/C26H19NO4/c1-18-11-14-20(15-12-18)25-27-22(26(29)31-25)17-21-9-5-6-10-23(21)30-24(28)16-13-19-7-3-2-4-8-19/h2-17H,1H3/b16-13+,22-17+. The number of hydrogen-bond donors (Lipinski definition) is 0. The average Bonchev–Trinajstić information content (AvgIpc) is 3.15. The summed E-state index contributed by atoms with van der Waals surface area (Å²) >= 11 is 0. The van der Waals surface area contributed by atoms with Crippen molar-refractivity contribution in [2.75, 3.05) is 0 Å². The monoisotopic (exact) mass is 409 g/mol. The third kappa shape index (κ3) is 5.03. The van der Waals surface area contributed by atoms with Gasteiger partial charge >= 0.3 is 11.9 Å². The number of aryl methyl sites for hydroxylation is 1. The summed E-state index contributed by atoms with van der Waals surface area (Å²) in [6.45, 7) is 1.98. The molecule has 0 amide bonds. The van der Waals surface area contributed by atoms with Gasteiger partial charge in [0.25, 0.3) is 0 Å². The van der Waals surface area contributed by atoms with Crippen molar-refractivity contribution in [3.05, 3.63) is 113 Å². The smallest absolute Gasteiger partial charge is 0.363 e. The van der Waals surface area contributed by atoms with Crippen LogP contribution in [0.2, 0.25) is 0 Å². The second kappa shape index (κ2) is 9.05. The number of aliphatic imine (C=N–C) groups is 1. The Morgan fingerprint density at radius 2 is 1.65 bits per heavy atom. The molecular weight excluding hydrogens is 390 g/mol. The minimum absolute atomic E-state index is 0.138. The summed E-state index contributed by atoms with van der Waals surface area (Å²) in [6, 6.07) is 23.9. The first kappa shape index (κ1) is 20.0. The third-order valence-electron chi connectivity index (χ3n) is 4.55. The molecule has 0 saturated carbocycles. The lowest BCUT2D eigenvalue weighted by molar-refractivity contribution is -0.130. The highest BCUT2D eigenvalue weighted by atomic mass is 16.6. The van der Waals surface area contributed by atoms with E-state index in [1.54, 1.807) is 36.4 Å². The van der Waals surface area contributed by atoms with Crippen LogP contribution in [-0.2, 0) is 14.3 Å². The van der Waals surface area contributed by atoms with Crippen molar-refractivity contribution < 1.29 is 19.1 Å². The van der Waals surface area contributed by atoms with E-state index < -0.39 is 11.9 Å². The van der Waals surface area contributed by atoms with E-state index in [4.69, 9.17) is 9.47 Å². The van der Waals surface area contributed by atoms with Gasteiger partial charge in [-0.3, -0.25) is 0 Å². The lowest BCUT2D eigenvalue weighted by atomic mass is 10.1. The molecule has 0 aromatic heterocycles. The Hall–Kier alpha value is -4.25. The molecule has 152 valence electrons. The fourth-order valence-electron chi connectivity index (χ4n) is 2.94. The Morgan fingerprint density at radius 1 is 0.935 bits per heavy atom. The van der Waals surface area contributed by atoms with Crippen LogP contribution in [0.4, 0.5) is 0 Å². The fraction of sp³-hybridized carbons (Fsp3) is 0.0385. The van der Waals surface area contributed by atoms with Gasteiger partial charge in [-0.15, -0.1) is 0 Å². The first-order chi connectivity index (χ1) is 15.1. The highest BCUT2D eigenvalue weighted by Crippen LogP contribution is 2.25. The van der Waals surface area contributed by atoms with Gasteiger partial charge in [-0.25, -0.2) is 14.6 Å². The molecule has 1 aliphatic heterocycles. The van der Waals surface area contributed by atoms with E-state index in [-0.39, 0.29) is 11.6 Å². The van der Waals surface area contributed by atoms with Gasteiger partial charge in [0.15, 0.2) is 5.70 Å². The molecule has 0 N–H and O–H groups in total. The normalized spacial score (nSPS) is 14.5. The van der Waals surface area contributed by atoms with Gasteiger partial charge in [-0.05, 0) is 42.8 Å². The molecule has 0 bridgehead atoms. The Bertz CT molecular complexity index is 1210. The summed E-state index contributed by atoms with van der Waals surface area (Å²) in [7, 11) is 0. The van der Waals surface area contributed by atoms with E-state index in [0.717, 1.165) is 11.1 Å². The molecule has 0 radical (unpaired) electrons. The van der Waals surface area contributed by atoms with Gasteiger partial charge in [0.05, 0.1) is 0 Å². The minimum atomic E-state index is -0.555. The van der Waals surface area contributed by atoms with Crippen LogP contribution in [0.5, 0.6) is 5.75 Å². The van der Waals surface area contributed by atoms with E-state index in [2.05, 4.69) is 4.99 Å². The summed E-state index contributed by atoms with van der Waals surface area (Å²) < 4.78 is 10.8. The Kier molecular flexibility index (Phi) is 5.85. The van der Waals surface area contributed by atoms with Crippen molar-refractivity contribution in [1.82, 2.24) is 0 Å².